The Balaban J connectivity index is 1.75. The first-order valence-corrected chi connectivity index (χ1v) is 8.85. The SMILES string of the molecule is COCCCNC(=O)c1nc2c(s1)CCCN2c1ccc(C)nn1. The molecule has 8 heteroatoms. The molecular formula is C16H21N5O2S. The van der Waals surface area contributed by atoms with Gasteiger partial charge in [-0.25, -0.2) is 4.98 Å². The second kappa shape index (κ2) is 7.67. The van der Waals surface area contributed by atoms with E-state index in [2.05, 4.69) is 20.5 Å². The number of nitrogens with zero attached hydrogens (tertiary/aromatic N) is 4. The van der Waals surface area contributed by atoms with Crippen LogP contribution in [0.2, 0.25) is 0 Å². The summed E-state index contributed by atoms with van der Waals surface area (Å²) < 4.78 is 4.98. The van der Waals surface area contributed by atoms with E-state index in [4.69, 9.17) is 4.74 Å². The number of thiazole rings is 1. The molecule has 0 aromatic carbocycles. The highest BCUT2D eigenvalue weighted by Gasteiger charge is 2.26. The van der Waals surface area contributed by atoms with Gasteiger partial charge < -0.3 is 15.0 Å². The standard InChI is InChI=1S/C16H21N5O2S/c1-11-6-7-13(20-19-11)21-9-3-5-12-14(21)18-16(24-12)15(22)17-8-4-10-23-2/h6-7H,3-5,8-10H2,1-2H3,(H,17,22). The number of carbonyl (C=O) groups excluding carboxylic acids is 1. The molecule has 0 aliphatic carbocycles. The predicted molar refractivity (Wildman–Crippen MR) is 93.0 cm³/mol. The van der Waals surface area contributed by atoms with Gasteiger partial charge in [0.05, 0.1) is 5.69 Å². The van der Waals surface area contributed by atoms with Gasteiger partial charge in [0.25, 0.3) is 5.91 Å². The molecule has 128 valence electrons. The molecule has 3 heterocycles. The van der Waals surface area contributed by atoms with Crippen molar-refractivity contribution in [2.45, 2.75) is 26.2 Å². The van der Waals surface area contributed by atoms with Crippen molar-refractivity contribution in [2.75, 3.05) is 31.7 Å². The number of carbonyl (C=O) groups is 1. The van der Waals surface area contributed by atoms with Crippen LogP contribution in [0, 0.1) is 6.92 Å². The van der Waals surface area contributed by atoms with Crippen molar-refractivity contribution in [3.63, 3.8) is 0 Å². The number of hydrogen-bond donors (Lipinski definition) is 1. The molecule has 0 saturated heterocycles. The Bertz CT molecular complexity index is 701. The molecule has 0 unspecified atom stereocenters. The van der Waals surface area contributed by atoms with Crippen LogP contribution < -0.4 is 10.2 Å². The average Bonchev–Trinajstić information content (AvgIpc) is 3.03. The number of anilines is 2. The van der Waals surface area contributed by atoms with Gasteiger partial charge in [-0.15, -0.1) is 16.4 Å². The molecule has 2 aromatic heterocycles. The zero-order chi connectivity index (χ0) is 16.9. The lowest BCUT2D eigenvalue weighted by Gasteiger charge is -2.25. The molecule has 0 atom stereocenters. The highest BCUT2D eigenvalue weighted by Crippen LogP contribution is 2.35. The molecule has 1 N–H and O–H groups in total. The van der Waals surface area contributed by atoms with Crippen LogP contribution >= 0.6 is 11.3 Å². The fourth-order valence-corrected chi connectivity index (χ4v) is 3.60. The van der Waals surface area contributed by atoms with Crippen LogP contribution in [-0.4, -0.2) is 47.9 Å². The van der Waals surface area contributed by atoms with Crippen molar-refractivity contribution in [1.29, 1.82) is 0 Å². The summed E-state index contributed by atoms with van der Waals surface area (Å²) in [4.78, 5) is 20.0. The van der Waals surface area contributed by atoms with Gasteiger partial charge in [0.1, 0.15) is 5.82 Å². The summed E-state index contributed by atoms with van der Waals surface area (Å²) in [5, 5.41) is 11.8. The monoisotopic (exact) mass is 347 g/mol. The summed E-state index contributed by atoms with van der Waals surface area (Å²) in [5.41, 5.74) is 0.880. The maximum Gasteiger partial charge on any atom is 0.280 e. The van der Waals surface area contributed by atoms with Gasteiger partial charge in [0.2, 0.25) is 0 Å². The van der Waals surface area contributed by atoms with Crippen molar-refractivity contribution in [3.8, 4) is 0 Å². The number of amides is 1. The van der Waals surface area contributed by atoms with E-state index in [0.29, 0.717) is 18.2 Å². The maximum atomic E-state index is 12.3. The van der Waals surface area contributed by atoms with Gasteiger partial charge in [-0.3, -0.25) is 4.79 Å². The van der Waals surface area contributed by atoms with E-state index in [1.165, 1.54) is 11.3 Å². The third-order valence-electron chi connectivity index (χ3n) is 3.78. The molecule has 1 amide bonds. The predicted octanol–water partition coefficient (Wildman–Crippen LogP) is 2.09. The number of ether oxygens (including phenoxy) is 1. The summed E-state index contributed by atoms with van der Waals surface area (Å²) in [5.74, 6) is 1.49. The van der Waals surface area contributed by atoms with Crippen molar-refractivity contribution in [2.24, 2.45) is 0 Å². The number of hydrogen-bond acceptors (Lipinski definition) is 7. The molecular weight excluding hydrogens is 326 g/mol. The zero-order valence-electron chi connectivity index (χ0n) is 13.9. The Hall–Kier alpha value is -2.06. The molecule has 0 fully saturated rings. The van der Waals surface area contributed by atoms with Gasteiger partial charge in [0, 0.05) is 31.7 Å². The lowest BCUT2D eigenvalue weighted by Crippen LogP contribution is -2.26. The van der Waals surface area contributed by atoms with Crippen LogP contribution in [0.1, 0.15) is 33.2 Å². The van der Waals surface area contributed by atoms with Crippen LogP contribution in [0.5, 0.6) is 0 Å². The Labute approximate surface area is 145 Å². The van der Waals surface area contributed by atoms with Crippen molar-refractivity contribution in [3.05, 3.63) is 27.7 Å². The lowest BCUT2D eigenvalue weighted by atomic mass is 10.2. The van der Waals surface area contributed by atoms with Gasteiger partial charge in [-0.05, 0) is 38.3 Å². The first-order chi connectivity index (χ1) is 11.7. The minimum absolute atomic E-state index is 0.125. The molecule has 7 nitrogen and oxygen atoms in total. The molecule has 3 rings (SSSR count). The Morgan fingerprint density at radius 2 is 2.29 bits per heavy atom. The fraction of sp³-hybridized carbons (Fsp3) is 0.500. The van der Waals surface area contributed by atoms with Gasteiger partial charge in [0.15, 0.2) is 10.8 Å². The van der Waals surface area contributed by atoms with Crippen LogP contribution in [0.3, 0.4) is 0 Å². The number of aryl methyl sites for hydroxylation is 2. The zero-order valence-corrected chi connectivity index (χ0v) is 14.7. The normalized spacial score (nSPS) is 13.7. The minimum atomic E-state index is -0.125. The van der Waals surface area contributed by atoms with Gasteiger partial charge in [-0.2, -0.15) is 5.10 Å². The summed E-state index contributed by atoms with van der Waals surface area (Å²) in [6.07, 6.45) is 2.75. The van der Waals surface area contributed by atoms with Crippen LogP contribution in [-0.2, 0) is 11.2 Å². The van der Waals surface area contributed by atoms with E-state index in [1.54, 1.807) is 7.11 Å². The third-order valence-corrected chi connectivity index (χ3v) is 4.89. The topological polar surface area (TPSA) is 80.2 Å². The molecule has 0 radical (unpaired) electrons. The molecule has 1 aliphatic heterocycles. The van der Waals surface area contributed by atoms with E-state index in [1.807, 2.05) is 24.0 Å². The van der Waals surface area contributed by atoms with E-state index >= 15 is 0 Å². The van der Waals surface area contributed by atoms with Crippen LogP contribution in [0.25, 0.3) is 0 Å². The fourth-order valence-electron chi connectivity index (χ4n) is 2.57. The van der Waals surface area contributed by atoms with E-state index in [0.717, 1.165) is 48.0 Å². The summed E-state index contributed by atoms with van der Waals surface area (Å²) in [7, 11) is 1.65. The molecule has 1 aliphatic rings. The molecule has 0 spiro atoms. The Kier molecular flexibility index (Phi) is 5.37. The number of rotatable bonds is 6. The summed E-state index contributed by atoms with van der Waals surface area (Å²) in [6, 6.07) is 3.88. The molecule has 24 heavy (non-hydrogen) atoms. The van der Waals surface area contributed by atoms with Gasteiger partial charge in [-0.1, -0.05) is 0 Å². The highest BCUT2D eigenvalue weighted by atomic mass is 32.1. The lowest BCUT2D eigenvalue weighted by molar-refractivity contribution is 0.0948. The quantitative estimate of drug-likeness (QED) is 0.806. The Morgan fingerprint density at radius 3 is 3.04 bits per heavy atom. The number of aromatic nitrogens is 3. The van der Waals surface area contributed by atoms with Crippen molar-refractivity contribution in [1.82, 2.24) is 20.5 Å². The Morgan fingerprint density at radius 1 is 1.42 bits per heavy atom. The number of fused-ring (bicyclic) bond motifs is 1. The van der Waals surface area contributed by atoms with E-state index in [9.17, 15) is 4.79 Å². The number of methoxy groups -OCH3 is 1. The number of nitrogens with one attached hydrogen (secondary N) is 1. The van der Waals surface area contributed by atoms with Gasteiger partial charge >= 0.3 is 0 Å². The minimum Gasteiger partial charge on any atom is -0.385 e. The third kappa shape index (κ3) is 3.70. The second-order valence-corrected chi connectivity index (χ2v) is 6.74. The van der Waals surface area contributed by atoms with Crippen LogP contribution in [0.15, 0.2) is 12.1 Å². The largest absolute Gasteiger partial charge is 0.385 e. The van der Waals surface area contributed by atoms with Crippen molar-refractivity contribution >= 4 is 28.9 Å². The van der Waals surface area contributed by atoms with E-state index < -0.39 is 0 Å². The van der Waals surface area contributed by atoms with Crippen LogP contribution in [0.4, 0.5) is 11.6 Å². The molecule has 2 aromatic rings. The average molecular weight is 347 g/mol. The first kappa shape index (κ1) is 16.8. The first-order valence-electron chi connectivity index (χ1n) is 8.03. The molecule has 0 saturated carbocycles. The maximum absolute atomic E-state index is 12.3. The summed E-state index contributed by atoms with van der Waals surface area (Å²) >= 11 is 1.46. The summed E-state index contributed by atoms with van der Waals surface area (Å²) in [6.45, 7) is 3.97. The highest BCUT2D eigenvalue weighted by molar-refractivity contribution is 7.14. The van der Waals surface area contributed by atoms with E-state index in [-0.39, 0.29) is 5.91 Å². The second-order valence-electron chi connectivity index (χ2n) is 5.66. The van der Waals surface area contributed by atoms with Crippen molar-refractivity contribution < 1.29 is 9.53 Å². The smallest absolute Gasteiger partial charge is 0.280 e. The molecule has 0 bridgehead atoms.